The van der Waals surface area contributed by atoms with Crippen LogP contribution in [0.2, 0.25) is 0 Å². The van der Waals surface area contributed by atoms with Gasteiger partial charge in [0.1, 0.15) is 0 Å². The molecule has 0 saturated heterocycles. The van der Waals surface area contributed by atoms with Gasteiger partial charge >= 0.3 is 5.97 Å². The van der Waals surface area contributed by atoms with Gasteiger partial charge in [-0.3, -0.25) is 4.79 Å². The molecule has 1 fully saturated rings. The van der Waals surface area contributed by atoms with Crippen molar-refractivity contribution in [3.8, 4) is 0 Å². The Morgan fingerprint density at radius 2 is 2.12 bits per heavy atom. The summed E-state index contributed by atoms with van der Waals surface area (Å²) in [5.41, 5.74) is 8.05. The molecule has 1 aromatic rings. The number of aliphatic carboxylic acids is 1. The van der Waals surface area contributed by atoms with Crippen LogP contribution in [0, 0.1) is 5.92 Å². The van der Waals surface area contributed by atoms with E-state index in [1.54, 1.807) is 0 Å². The Bertz CT molecular complexity index is 385. The Balaban J connectivity index is 2.20. The van der Waals surface area contributed by atoms with Crippen LogP contribution < -0.4 is 5.73 Å². The van der Waals surface area contributed by atoms with Gasteiger partial charge in [0.2, 0.25) is 0 Å². The normalized spacial score (nSPS) is 17.8. The number of rotatable bonds is 4. The Labute approximate surface area is 95.3 Å². The first kappa shape index (κ1) is 11.1. The zero-order valence-electron chi connectivity index (χ0n) is 9.23. The summed E-state index contributed by atoms with van der Waals surface area (Å²) in [6.07, 6.45) is 3.65. The van der Waals surface area contributed by atoms with E-state index in [1.165, 1.54) is 19.3 Å². The minimum absolute atomic E-state index is 0.00398. The van der Waals surface area contributed by atoms with Gasteiger partial charge in [0.05, 0.1) is 6.42 Å². The van der Waals surface area contributed by atoms with Crippen LogP contribution in [0.15, 0.2) is 24.3 Å². The maximum Gasteiger partial charge on any atom is 0.307 e. The molecule has 0 aliphatic heterocycles. The molecule has 0 aromatic heterocycles. The molecule has 1 unspecified atom stereocenters. The molecule has 3 heteroatoms. The van der Waals surface area contributed by atoms with E-state index in [4.69, 9.17) is 10.8 Å². The highest BCUT2D eigenvalue weighted by Crippen LogP contribution is 2.37. The predicted octanol–water partition coefficient (Wildman–Crippen LogP) is 2.11. The van der Waals surface area contributed by atoms with Crippen LogP contribution in [0.1, 0.15) is 36.4 Å². The quantitative estimate of drug-likeness (QED) is 0.815. The fraction of sp³-hybridized carbons (Fsp3) is 0.462. The van der Waals surface area contributed by atoms with E-state index in [0.717, 1.165) is 11.1 Å². The van der Waals surface area contributed by atoms with Crippen LogP contribution in [0.25, 0.3) is 0 Å². The number of hydrogen-bond donors (Lipinski definition) is 2. The molecule has 16 heavy (non-hydrogen) atoms. The largest absolute Gasteiger partial charge is 0.481 e. The molecule has 3 nitrogen and oxygen atoms in total. The number of carboxylic acid groups (broad SMARTS) is 1. The van der Waals surface area contributed by atoms with Crippen molar-refractivity contribution in [1.82, 2.24) is 0 Å². The molecule has 1 saturated carbocycles. The highest BCUT2D eigenvalue weighted by Gasteiger charge is 2.27. The van der Waals surface area contributed by atoms with Crippen molar-refractivity contribution in [2.75, 3.05) is 0 Å². The van der Waals surface area contributed by atoms with E-state index in [2.05, 4.69) is 0 Å². The first-order valence-corrected chi connectivity index (χ1v) is 5.73. The molecular weight excluding hydrogens is 202 g/mol. The Morgan fingerprint density at radius 3 is 2.69 bits per heavy atom. The summed E-state index contributed by atoms with van der Waals surface area (Å²) in [6.45, 7) is 0. The molecule has 86 valence electrons. The zero-order chi connectivity index (χ0) is 11.5. The van der Waals surface area contributed by atoms with Crippen molar-refractivity contribution in [1.29, 1.82) is 0 Å². The minimum Gasteiger partial charge on any atom is -0.481 e. The van der Waals surface area contributed by atoms with Crippen LogP contribution in [0.3, 0.4) is 0 Å². The monoisotopic (exact) mass is 219 g/mol. The molecular formula is C13H17NO2. The smallest absolute Gasteiger partial charge is 0.307 e. The average Bonchev–Trinajstić information content (AvgIpc) is 2.14. The third-order valence-corrected chi connectivity index (χ3v) is 3.41. The van der Waals surface area contributed by atoms with Crippen LogP contribution in [-0.4, -0.2) is 11.1 Å². The van der Waals surface area contributed by atoms with Gasteiger partial charge in [-0.05, 0) is 29.9 Å². The molecule has 3 N–H and O–H groups in total. The summed E-state index contributed by atoms with van der Waals surface area (Å²) in [5.74, 6) is -0.261. The second-order valence-electron chi connectivity index (χ2n) is 4.49. The van der Waals surface area contributed by atoms with Crippen molar-refractivity contribution in [3.05, 3.63) is 35.4 Å². The molecule has 0 amide bonds. The summed E-state index contributed by atoms with van der Waals surface area (Å²) in [6, 6.07) is 7.63. The molecule has 0 spiro atoms. The zero-order valence-corrected chi connectivity index (χ0v) is 9.23. The highest BCUT2D eigenvalue weighted by atomic mass is 16.4. The molecule has 1 aliphatic carbocycles. The third-order valence-electron chi connectivity index (χ3n) is 3.41. The lowest BCUT2D eigenvalue weighted by molar-refractivity contribution is -0.136. The Kier molecular flexibility index (Phi) is 3.25. The van der Waals surface area contributed by atoms with Gasteiger partial charge in [-0.1, -0.05) is 30.7 Å². The molecule has 1 aromatic carbocycles. The Hall–Kier alpha value is -1.35. The van der Waals surface area contributed by atoms with Crippen molar-refractivity contribution < 1.29 is 9.90 Å². The first-order valence-electron chi connectivity index (χ1n) is 5.73. The minimum atomic E-state index is -0.798. The third kappa shape index (κ3) is 2.25. The van der Waals surface area contributed by atoms with Gasteiger partial charge in [0, 0.05) is 6.04 Å². The van der Waals surface area contributed by atoms with Crippen LogP contribution >= 0.6 is 0 Å². The maximum absolute atomic E-state index is 10.8. The standard InChI is InChI=1S/C13H17NO2/c14-13(9-5-3-6-9)11-7-2-1-4-10(11)8-12(15)16/h1-2,4,7,9,13H,3,5-6,8,14H2,(H,15,16). The topological polar surface area (TPSA) is 63.3 Å². The highest BCUT2D eigenvalue weighted by molar-refractivity contribution is 5.70. The van der Waals surface area contributed by atoms with Crippen LogP contribution in [0.4, 0.5) is 0 Å². The summed E-state index contributed by atoms with van der Waals surface area (Å²) in [5, 5.41) is 8.84. The summed E-state index contributed by atoms with van der Waals surface area (Å²) in [7, 11) is 0. The van der Waals surface area contributed by atoms with E-state index in [0.29, 0.717) is 5.92 Å². The number of carbonyl (C=O) groups is 1. The Morgan fingerprint density at radius 1 is 1.44 bits per heavy atom. The van der Waals surface area contributed by atoms with E-state index >= 15 is 0 Å². The number of nitrogens with two attached hydrogens (primary N) is 1. The van der Waals surface area contributed by atoms with Gasteiger partial charge in [-0.25, -0.2) is 0 Å². The SMILES string of the molecule is NC(c1ccccc1CC(=O)O)C1CCC1. The van der Waals surface area contributed by atoms with Crippen molar-refractivity contribution in [3.63, 3.8) is 0 Å². The summed E-state index contributed by atoms with van der Waals surface area (Å²) in [4.78, 5) is 10.8. The molecule has 0 heterocycles. The van der Waals surface area contributed by atoms with Crippen LogP contribution in [0.5, 0.6) is 0 Å². The van der Waals surface area contributed by atoms with E-state index in [9.17, 15) is 4.79 Å². The fourth-order valence-electron chi connectivity index (χ4n) is 2.24. The number of hydrogen-bond acceptors (Lipinski definition) is 2. The molecule has 1 aliphatic rings. The van der Waals surface area contributed by atoms with Crippen LogP contribution in [-0.2, 0) is 11.2 Å². The second kappa shape index (κ2) is 4.66. The molecule has 1 atom stereocenters. The van der Waals surface area contributed by atoms with Crippen molar-refractivity contribution >= 4 is 5.97 Å². The van der Waals surface area contributed by atoms with E-state index < -0.39 is 5.97 Å². The maximum atomic E-state index is 10.8. The van der Waals surface area contributed by atoms with Gasteiger partial charge in [-0.2, -0.15) is 0 Å². The van der Waals surface area contributed by atoms with Crippen molar-refractivity contribution in [2.24, 2.45) is 11.7 Å². The van der Waals surface area contributed by atoms with Gasteiger partial charge in [0.25, 0.3) is 0 Å². The molecule has 0 bridgehead atoms. The number of benzene rings is 1. The van der Waals surface area contributed by atoms with E-state index in [1.807, 2.05) is 24.3 Å². The second-order valence-corrected chi connectivity index (χ2v) is 4.49. The molecule has 2 rings (SSSR count). The van der Waals surface area contributed by atoms with Gasteiger partial charge < -0.3 is 10.8 Å². The van der Waals surface area contributed by atoms with Crippen molar-refractivity contribution in [2.45, 2.75) is 31.7 Å². The van der Waals surface area contributed by atoms with Gasteiger partial charge in [0.15, 0.2) is 0 Å². The average molecular weight is 219 g/mol. The summed E-state index contributed by atoms with van der Waals surface area (Å²) >= 11 is 0. The van der Waals surface area contributed by atoms with E-state index in [-0.39, 0.29) is 12.5 Å². The summed E-state index contributed by atoms with van der Waals surface area (Å²) < 4.78 is 0. The lowest BCUT2D eigenvalue weighted by atomic mass is 9.76. The number of carboxylic acids is 1. The molecule has 0 radical (unpaired) electrons. The van der Waals surface area contributed by atoms with Gasteiger partial charge in [-0.15, -0.1) is 0 Å². The predicted molar refractivity (Wildman–Crippen MR) is 62.1 cm³/mol. The lowest BCUT2D eigenvalue weighted by Gasteiger charge is -2.32. The lowest BCUT2D eigenvalue weighted by Crippen LogP contribution is -2.28. The fourth-order valence-corrected chi connectivity index (χ4v) is 2.24. The first-order chi connectivity index (χ1) is 7.68.